The van der Waals surface area contributed by atoms with Gasteiger partial charge in [0.2, 0.25) is 10.0 Å². The lowest BCUT2D eigenvalue weighted by Gasteiger charge is -2.28. The average molecular weight is 241 g/mol. The Balaban J connectivity index is 2.25. The van der Waals surface area contributed by atoms with E-state index in [2.05, 4.69) is 0 Å². The topological polar surface area (TPSA) is 63.7 Å². The predicted octanol–water partition coefficient (Wildman–Crippen LogP) is 0.269. The molecule has 1 aromatic carbocycles. The molecule has 0 N–H and O–H groups in total. The van der Waals surface area contributed by atoms with Crippen molar-refractivity contribution in [3.05, 3.63) is 24.3 Å². The van der Waals surface area contributed by atoms with Crippen LogP contribution in [0.1, 0.15) is 0 Å². The molecule has 16 heavy (non-hydrogen) atoms. The number of hydrogen-bond donors (Lipinski definition) is 0. The van der Waals surface area contributed by atoms with Gasteiger partial charge in [0.05, 0.1) is 25.1 Å². The minimum absolute atomic E-state index is 0.0195. The van der Waals surface area contributed by atoms with Crippen molar-refractivity contribution in [3.63, 3.8) is 0 Å². The monoisotopic (exact) mass is 241 g/mol. The molecule has 1 aromatic rings. The quantitative estimate of drug-likeness (QED) is 0.762. The van der Waals surface area contributed by atoms with Crippen LogP contribution in [0.2, 0.25) is 0 Å². The molecule has 5 nitrogen and oxygen atoms in total. The summed E-state index contributed by atoms with van der Waals surface area (Å²) < 4.78 is 29.9. The third-order valence-electron chi connectivity index (χ3n) is 2.40. The molecule has 0 atom stereocenters. The van der Waals surface area contributed by atoms with Crippen molar-refractivity contribution >= 4 is 15.8 Å². The lowest BCUT2D eigenvalue weighted by molar-refractivity contribution is -0.125. The maximum Gasteiger partial charge on any atom is 0.243 e. The first kappa shape index (κ1) is 11.1. The Bertz CT molecular complexity index is 498. The molecule has 1 fully saturated rings. The fourth-order valence-corrected chi connectivity index (χ4v) is 2.82. The van der Waals surface area contributed by atoms with Gasteiger partial charge in [-0.25, -0.2) is 8.42 Å². The van der Waals surface area contributed by atoms with Gasteiger partial charge in [-0.15, -0.1) is 0 Å². The first-order valence-electron chi connectivity index (χ1n) is 4.70. The van der Waals surface area contributed by atoms with Crippen LogP contribution >= 0.6 is 0 Å². The molecule has 1 aliphatic rings. The number of benzene rings is 1. The second-order valence-electron chi connectivity index (χ2n) is 3.49. The van der Waals surface area contributed by atoms with E-state index in [4.69, 9.17) is 4.74 Å². The number of methoxy groups -OCH3 is 1. The van der Waals surface area contributed by atoms with E-state index in [9.17, 15) is 13.2 Å². The SMILES string of the molecule is COc1ccc(S(=O)(=O)N2CC(=O)C2)cc1. The zero-order valence-electron chi connectivity index (χ0n) is 8.71. The Morgan fingerprint density at radius 2 is 1.75 bits per heavy atom. The summed E-state index contributed by atoms with van der Waals surface area (Å²) in [4.78, 5) is 10.9. The number of nitrogens with zero attached hydrogens (tertiary/aromatic N) is 1. The molecule has 1 aliphatic heterocycles. The lowest BCUT2D eigenvalue weighted by Crippen LogP contribution is -2.50. The molecule has 2 rings (SSSR count). The van der Waals surface area contributed by atoms with Gasteiger partial charge in [-0.2, -0.15) is 4.31 Å². The summed E-state index contributed by atoms with van der Waals surface area (Å²) in [5.74, 6) is 0.538. The third-order valence-corrected chi connectivity index (χ3v) is 4.21. The van der Waals surface area contributed by atoms with Crippen LogP contribution in [0.15, 0.2) is 29.2 Å². The van der Waals surface area contributed by atoms with E-state index in [0.29, 0.717) is 5.75 Å². The number of rotatable bonds is 3. The summed E-state index contributed by atoms with van der Waals surface area (Å²) in [6.45, 7) is -0.0390. The first-order valence-corrected chi connectivity index (χ1v) is 6.14. The predicted molar refractivity (Wildman–Crippen MR) is 56.8 cm³/mol. The summed E-state index contributed by atoms with van der Waals surface area (Å²) in [5.41, 5.74) is 0. The van der Waals surface area contributed by atoms with E-state index in [1.54, 1.807) is 12.1 Å². The molecule has 86 valence electrons. The number of ether oxygens (including phenoxy) is 1. The van der Waals surface area contributed by atoms with Crippen molar-refractivity contribution in [1.29, 1.82) is 0 Å². The first-order chi connectivity index (χ1) is 7.54. The zero-order valence-corrected chi connectivity index (χ0v) is 9.53. The second kappa shape index (κ2) is 3.88. The highest BCUT2D eigenvalue weighted by molar-refractivity contribution is 7.89. The maximum absolute atomic E-state index is 11.9. The van der Waals surface area contributed by atoms with Gasteiger partial charge in [0.15, 0.2) is 5.78 Å². The van der Waals surface area contributed by atoms with Crippen LogP contribution in [0.5, 0.6) is 5.75 Å². The zero-order chi connectivity index (χ0) is 11.8. The van der Waals surface area contributed by atoms with E-state index in [1.165, 1.54) is 19.2 Å². The minimum atomic E-state index is -3.50. The van der Waals surface area contributed by atoms with E-state index < -0.39 is 10.0 Å². The summed E-state index contributed by atoms with van der Waals surface area (Å²) in [7, 11) is -1.99. The largest absolute Gasteiger partial charge is 0.497 e. The summed E-state index contributed by atoms with van der Waals surface area (Å²) in [5, 5.41) is 0. The molecule has 1 heterocycles. The lowest BCUT2D eigenvalue weighted by atomic mass is 10.3. The van der Waals surface area contributed by atoms with Crippen LogP contribution in [-0.2, 0) is 14.8 Å². The standard InChI is InChI=1S/C10H11NO4S/c1-15-9-2-4-10(5-3-9)16(13,14)11-6-8(12)7-11/h2-5H,6-7H2,1H3. The van der Waals surface area contributed by atoms with Gasteiger partial charge in [0.25, 0.3) is 0 Å². The Labute approximate surface area is 93.7 Å². The van der Waals surface area contributed by atoms with Crippen molar-refractivity contribution in [2.75, 3.05) is 20.2 Å². The van der Waals surface area contributed by atoms with E-state index in [1.807, 2.05) is 0 Å². The van der Waals surface area contributed by atoms with Crippen molar-refractivity contribution in [2.45, 2.75) is 4.90 Å². The van der Waals surface area contributed by atoms with Gasteiger partial charge < -0.3 is 4.74 Å². The molecule has 0 amide bonds. The number of ketones is 1. The molecule has 1 saturated heterocycles. The highest BCUT2D eigenvalue weighted by atomic mass is 32.2. The van der Waals surface area contributed by atoms with Crippen LogP contribution in [0.25, 0.3) is 0 Å². The fourth-order valence-electron chi connectivity index (χ4n) is 1.41. The van der Waals surface area contributed by atoms with Crippen molar-refractivity contribution in [1.82, 2.24) is 4.31 Å². The molecule has 0 bridgehead atoms. The Morgan fingerprint density at radius 1 is 1.19 bits per heavy atom. The minimum Gasteiger partial charge on any atom is -0.497 e. The Kier molecular flexibility index (Phi) is 2.69. The molecular formula is C10H11NO4S. The van der Waals surface area contributed by atoms with Crippen LogP contribution in [-0.4, -0.2) is 38.7 Å². The van der Waals surface area contributed by atoms with Crippen molar-refractivity contribution in [2.24, 2.45) is 0 Å². The van der Waals surface area contributed by atoms with Gasteiger partial charge in [0, 0.05) is 0 Å². The average Bonchev–Trinajstić information content (AvgIpc) is 2.25. The summed E-state index contributed by atoms with van der Waals surface area (Å²) in [6.07, 6.45) is 0. The normalized spacial score (nSPS) is 16.9. The van der Waals surface area contributed by atoms with Gasteiger partial charge in [-0.05, 0) is 24.3 Å². The molecular weight excluding hydrogens is 230 g/mol. The van der Waals surface area contributed by atoms with Crippen LogP contribution < -0.4 is 4.74 Å². The Hall–Kier alpha value is -1.40. The highest BCUT2D eigenvalue weighted by Gasteiger charge is 2.35. The third kappa shape index (κ3) is 1.81. The summed E-state index contributed by atoms with van der Waals surface area (Å²) in [6, 6.07) is 6.09. The smallest absolute Gasteiger partial charge is 0.243 e. The number of hydrogen-bond acceptors (Lipinski definition) is 4. The number of carbonyl (C=O) groups excluding carboxylic acids is 1. The van der Waals surface area contributed by atoms with Gasteiger partial charge >= 0.3 is 0 Å². The molecule has 0 radical (unpaired) electrons. The van der Waals surface area contributed by atoms with Crippen LogP contribution in [0.3, 0.4) is 0 Å². The molecule has 0 saturated carbocycles. The van der Waals surface area contributed by atoms with Crippen LogP contribution in [0, 0.1) is 0 Å². The fraction of sp³-hybridized carbons (Fsp3) is 0.300. The second-order valence-corrected chi connectivity index (χ2v) is 5.43. The Morgan fingerprint density at radius 3 is 2.19 bits per heavy atom. The van der Waals surface area contributed by atoms with E-state index >= 15 is 0 Å². The van der Waals surface area contributed by atoms with Crippen LogP contribution in [0.4, 0.5) is 0 Å². The van der Waals surface area contributed by atoms with Crippen molar-refractivity contribution < 1.29 is 17.9 Å². The summed E-state index contributed by atoms with van der Waals surface area (Å²) >= 11 is 0. The van der Waals surface area contributed by atoms with Gasteiger partial charge in [-0.3, -0.25) is 4.79 Å². The van der Waals surface area contributed by atoms with Gasteiger partial charge in [0.1, 0.15) is 5.75 Å². The number of carbonyl (C=O) groups is 1. The molecule has 6 heteroatoms. The molecule has 0 aromatic heterocycles. The van der Waals surface area contributed by atoms with Gasteiger partial charge in [-0.1, -0.05) is 0 Å². The molecule has 0 unspecified atom stereocenters. The van der Waals surface area contributed by atoms with E-state index in [0.717, 1.165) is 4.31 Å². The maximum atomic E-state index is 11.9. The molecule has 0 spiro atoms. The van der Waals surface area contributed by atoms with Crippen molar-refractivity contribution in [3.8, 4) is 5.75 Å². The molecule has 0 aliphatic carbocycles. The number of Topliss-reactive ketones (excluding diaryl/α,β-unsaturated/α-hetero) is 1. The number of sulfonamides is 1. The highest BCUT2D eigenvalue weighted by Crippen LogP contribution is 2.21. The van der Waals surface area contributed by atoms with E-state index in [-0.39, 0.29) is 23.8 Å².